The van der Waals surface area contributed by atoms with Crippen molar-refractivity contribution in [1.82, 2.24) is 0 Å². The third-order valence-electron chi connectivity index (χ3n) is 4.46. The number of aryl methyl sites for hydroxylation is 1. The van der Waals surface area contributed by atoms with Crippen molar-refractivity contribution in [2.45, 2.75) is 63.2 Å². The highest BCUT2D eigenvalue weighted by atomic mass is 32.2. The molecule has 144 valence electrons. The Kier molecular flexibility index (Phi) is 6.77. The van der Waals surface area contributed by atoms with Crippen LogP contribution in [0.2, 0.25) is 0 Å². The van der Waals surface area contributed by atoms with Crippen LogP contribution in [0.15, 0.2) is 17.0 Å². The van der Waals surface area contributed by atoms with Crippen LogP contribution in [0.5, 0.6) is 5.75 Å². The maximum Gasteiger partial charge on any atom is 0.314 e. The predicted molar refractivity (Wildman–Crippen MR) is 91.9 cm³/mol. The van der Waals surface area contributed by atoms with Gasteiger partial charge in [0.15, 0.2) is 0 Å². The Hall–Kier alpha value is -1.93. The fraction of sp³-hybridized carbons (Fsp3) is 0.556. The number of benzene rings is 1. The number of carbonyl (C=O) groups excluding carboxylic acids is 2. The van der Waals surface area contributed by atoms with E-state index >= 15 is 0 Å². The molecule has 0 N–H and O–H groups in total. The number of hydrogen-bond donors (Lipinski definition) is 0. The molecular weight excluding hydrogens is 360 g/mol. The zero-order valence-electron chi connectivity index (χ0n) is 14.9. The van der Waals surface area contributed by atoms with Gasteiger partial charge in [0, 0.05) is 6.92 Å². The van der Waals surface area contributed by atoms with Crippen molar-refractivity contribution in [3.63, 3.8) is 0 Å². The highest BCUT2D eigenvalue weighted by molar-refractivity contribution is 7.85. The van der Waals surface area contributed by atoms with Crippen molar-refractivity contribution in [3.8, 4) is 5.75 Å². The molecule has 1 aliphatic rings. The van der Waals surface area contributed by atoms with Crippen LogP contribution in [0.3, 0.4) is 0 Å². The smallest absolute Gasteiger partial charge is 0.314 e. The van der Waals surface area contributed by atoms with E-state index in [1.165, 1.54) is 19.1 Å². The summed E-state index contributed by atoms with van der Waals surface area (Å²) >= 11 is 0. The van der Waals surface area contributed by atoms with Gasteiger partial charge in [-0.3, -0.25) is 9.59 Å². The number of rotatable bonds is 6. The second-order valence-corrected chi connectivity index (χ2v) is 7.86. The molecule has 0 saturated heterocycles. The Morgan fingerprint density at radius 1 is 1.19 bits per heavy atom. The lowest BCUT2D eigenvalue weighted by atomic mass is 9.83. The standard InChI is InChI=1S/C18H24O7S/c1-12-10-17(26(21,22)23)15(14-6-4-3-5-7-14)11-16(12)25-18(20)8-9-24-13(2)19/h10-11,14H,3-9H2,1-2H3,(H,21,22,23)/p-1. The second-order valence-electron chi connectivity index (χ2n) is 6.51. The van der Waals surface area contributed by atoms with Crippen LogP contribution in [0, 0.1) is 6.92 Å². The topological polar surface area (TPSA) is 110 Å². The third-order valence-corrected chi connectivity index (χ3v) is 5.35. The van der Waals surface area contributed by atoms with Gasteiger partial charge in [-0.05, 0) is 48.9 Å². The number of carbonyl (C=O) groups is 2. The van der Waals surface area contributed by atoms with E-state index in [1.54, 1.807) is 6.92 Å². The SMILES string of the molecule is CC(=O)OCCC(=O)Oc1cc(C2CCCCC2)c(S(=O)(=O)[O-])cc1C. The van der Waals surface area contributed by atoms with Gasteiger partial charge >= 0.3 is 11.9 Å². The molecular formula is C18H23O7S-. The van der Waals surface area contributed by atoms with Gasteiger partial charge in [0.2, 0.25) is 0 Å². The monoisotopic (exact) mass is 383 g/mol. The normalized spacial score (nSPS) is 15.5. The Morgan fingerprint density at radius 2 is 1.85 bits per heavy atom. The molecule has 26 heavy (non-hydrogen) atoms. The van der Waals surface area contributed by atoms with E-state index in [0.29, 0.717) is 11.1 Å². The summed E-state index contributed by atoms with van der Waals surface area (Å²) in [5.41, 5.74) is 0.813. The minimum atomic E-state index is -4.62. The van der Waals surface area contributed by atoms with Gasteiger partial charge in [-0.2, -0.15) is 0 Å². The molecule has 1 fully saturated rings. The summed E-state index contributed by atoms with van der Waals surface area (Å²) in [7, 11) is -4.62. The summed E-state index contributed by atoms with van der Waals surface area (Å²) in [5.74, 6) is -0.896. The van der Waals surface area contributed by atoms with E-state index in [2.05, 4.69) is 0 Å². The zero-order chi connectivity index (χ0) is 19.3. The van der Waals surface area contributed by atoms with Crippen molar-refractivity contribution >= 4 is 22.1 Å². The van der Waals surface area contributed by atoms with Crippen LogP contribution in [0.25, 0.3) is 0 Å². The zero-order valence-corrected chi connectivity index (χ0v) is 15.8. The molecule has 1 aromatic rings. The molecule has 0 aliphatic heterocycles. The van der Waals surface area contributed by atoms with Crippen molar-refractivity contribution < 1.29 is 32.0 Å². The Bertz CT molecular complexity index is 777. The average molecular weight is 383 g/mol. The minimum absolute atomic E-state index is 0.0402. The summed E-state index contributed by atoms with van der Waals surface area (Å²) in [4.78, 5) is 22.4. The van der Waals surface area contributed by atoms with Gasteiger partial charge in [0.05, 0.1) is 11.3 Å². The van der Waals surface area contributed by atoms with E-state index in [0.717, 1.165) is 32.1 Å². The number of esters is 2. The van der Waals surface area contributed by atoms with Crippen LogP contribution in [-0.4, -0.2) is 31.5 Å². The van der Waals surface area contributed by atoms with Gasteiger partial charge in [0.1, 0.15) is 22.5 Å². The van der Waals surface area contributed by atoms with E-state index in [9.17, 15) is 22.6 Å². The van der Waals surface area contributed by atoms with Crippen molar-refractivity contribution in [2.24, 2.45) is 0 Å². The van der Waals surface area contributed by atoms with Crippen LogP contribution < -0.4 is 4.74 Å². The van der Waals surface area contributed by atoms with E-state index in [-0.39, 0.29) is 29.6 Å². The third kappa shape index (κ3) is 5.54. The summed E-state index contributed by atoms with van der Waals surface area (Å²) in [6, 6.07) is 2.78. The van der Waals surface area contributed by atoms with Gasteiger partial charge < -0.3 is 14.0 Å². The molecule has 0 unspecified atom stereocenters. The van der Waals surface area contributed by atoms with Gasteiger partial charge in [-0.15, -0.1) is 0 Å². The molecule has 0 radical (unpaired) electrons. The first-order valence-corrected chi connectivity index (χ1v) is 10.0. The summed E-state index contributed by atoms with van der Waals surface area (Å²) in [5, 5.41) is 0. The van der Waals surface area contributed by atoms with Crippen LogP contribution in [0.4, 0.5) is 0 Å². The van der Waals surface area contributed by atoms with Crippen LogP contribution in [0.1, 0.15) is 62.5 Å². The molecule has 0 amide bonds. The Morgan fingerprint density at radius 3 is 2.42 bits per heavy atom. The molecule has 1 aromatic carbocycles. The molecule has 8 heteroatoms. The molecule has 0 spiro atoms. The second kappa shape index (κ2) is 8.64. The molecule has 0 atom stereocenters. The fourth-order valence-electron chi connectivity index (χ4n) is 3.19. The molecule has 2 rings (SSSR count). The van der Waals surface area contributed by atoms with E-state index in [4.69, 9.17) is 9.47 Å². The lowest BCUT2D eigenvalue weighted by Gasteiger charge is -2.26. The first-order valence-electron chi connectivity index (χ1n) is 8.63. The van der Waals surface area contributed by atoms with Gasteiger partial charge in [-0.1, -0.05) is 19.3 Å². The van der Waals surface area contributed by atoms with Gasteiger partial charge in [-0.25, -0.2) is 8.42 Å². The maximum absolute atomic E-state index is 11.9. The maximum atomic E-state index is 11.9. The average Bonchev–Trinajstić information content (AvgIpc) is 2.56. The molecule has 0 aromatic heterocycles. The fourth-order valence-corrected chi connectivity index (χ4v) is 4.02. The van der Waals surface area contributed by atoms with Crippen LogP contribution in [-0.2, 0) is 24.4 Å². The number of hydrogen-bond acceptors (Lipinski definition) is 7. The number of ether oxygens (including phenoxy) is 2. The van der Waals surface area contributed by atoms with Crippen molar-refractivity contribution in [3.05, 3.63) is 23.3 Å². The summed E-state index contributed by atoms with van der Waals surface area (Å²) < 4.78 is 45.0. The molecule has 1 saturated carbocycles. The summed E-state index contributed by atoms with van der Waals surface area (Å²) in [6.45, 7) is 2.73. The van der Waals surface area contributed by atoms with Crippen molar-refractivity contribution in [2.75, 3.05) is 6.61 Å². The largest absolute Gasteiger partial charge is 0.744 e. The quantitative estimate of drug-likeness (QED) is 0.422. The first kappa shape index (κ1) is 20.4. The summed E-state index contributed by atoms with van der Waals surface area (Å²) in [6.07, 6.45) is 4.50. The molecule has 0 bridgehead atoms. The molecule has 0 heterocycles. The van der Waals surface area contributed by atoms with E-state index in [1.807, 2.05) is 0 Å². The predicted octanol–water partition coefficient (Wildman–Crippen LogP) is 2.81. The highest BCUT2D eigenvalue weighted by Crippen LogP contribution is 2.38. The van der Waals surface area contributed by atoms with E-state index < -0.39 is 22.1 Å². The Balaban J connectivity index is 2.27. The lowest BCUT2D eigenvalue weighted by Crippen LogP contribution is -2.15. The lowest BCUT2D eigenvalue weighted by molar-refractivity contribution is -0.143. The highest BCUT2D eigenvalue weighted by Gasteiger charge is 2.23. The Labute approximate surface area is 153 Å². The molecule has 1 aliphatic carbocycles. The van der Waals surface area contributed by atoms with Crippen molar-refractivity contribution in [1.29, 1.82) is 0 Å². The minimum Gasteiger partial charge on any atom is -0.744 e. The molecule has 7 nitrogen and oxygen atoms in total. The van der Waals surface area contributed by atoms with Crippen LogP contribution >= 0.6 is 0 Å². The van der Waals surface area contributed by atoms with Gasteiger partial charge in [0.25, 0.3) is 0 Å². The first-order chi connectivity index (χ1) is 12.2.